The Bertz CT molecular complexity index is 717. The zero-order valence-electron chi connectivity index (χ0n) is 14.2. The van der Waals surface area contributed by atoms with Gasteiger partial charge < -0.3 is 9.67 Å². The van der Waals surface area contributed by atoms with E-state index in [1.165, 1.54) is 0 Å². The van der Waals surface area contributed by atoms with Crippen LogP contribution in [-0.4, -0.2) is 15.6 Å². The predicted molar refractivity (Wildman–Crippen MR) is 92.3 cm³/mol. The van der Waals surface area contributed by atoms with Crippen molar-refractivity contribution in [3.63, 3.8) is 0 Å². The van der Waals surface area contributed by atoms with Crippen molar-refractivity contribution in [2.45, 2.75) is 59.4 Å². The smallest absolute Gasteiger partial charge is 0.264 e. The van der Waals surface area contributed by atoms with Crippen molar-refractivity contribution in [1.82, 2.24) is 4.57 Å². The Labute approximate surface area is 137 Å². The van der Waals surface area contributed by atoms with Crippen molar-refractivity contribution in [3.8, 4) is 5.88 Å². The molecule has 0 aliphatic carbocycles. The second-order valence-electron chi connectivity index (χ2n) is 5.90. The number of fused-ring (bicyclic) bond motifs is 1. The highest BCUT2D eigenvalue weighted by Crippen LogP contribution is 2.39. The zero-order valence-corrected chi connectivity index (χ0v) is 14.2. The SMILES string of the molecule is CCCCC(=O)N=Nc1c(O)n(CCCC)c2ccc(C)cc12. The van der Waals surface area contributed by atoms with Crippen molar-refractivity contribution >= 4 is 22.5 Å². The highest BCUT2D eigenvalue weighted by molar-refractivity contribution is 5.95. The van der Waals surface area contributed by atoms with Crippen LogP contribution in [0.25, 0.3) is 10.9 Å². The van der Waals surface area contributed by atoms with Gasteiger partial charge in [0.2, 0.25) is 5.88 Å². The maximum absolute atomic E-state index is 11.7. The van der Waals surface area contributed by atoms with Crippen LogP contribution in [0.3, 0.4) is 0 Å². The standard InChI is InChI=1S/C18H25N3O2/c1-4-6-8-16(22)19-20-17-14-12-13(3)9-10-15(14)21(18(17)23)11-7-5-2/h9-10,12,23H,4-8,11H2,1-3H3. The summed E-state index contributed by atoms with van der Waals surface area (Å²) in [6, 6.07) is 5.97. The van der Waals surface area contributed by atoms with Crippen LogP contribution in [0, 0.1) is 6.92 Å². The fourth-order valence-corrected chi connectivity index (χ4v) is 2.56. The summed E-state index contributed by atoms with van der Waals surface area (Å²) in [6.07, 6.45) is 4.16. The molecular formula is C18H25N3O2. The molecule has 2 rings (SSSR count). The molecule has 0 radical (unpaired) electrons. The highest BCUT2D eigenvalue weighted by Gasteiger charge is 2.16. The Balaban J connectivity index is 2.41. The van der Waals surface area contributed by atoms with Crippen LogP contribution < -0.4 is 0 Å². The lowest BCUT2D eigenvalue weighted by Gasteiger charge is -2.05. The molecule has 1 N–H and O–H groups in total. The molecule has 0 saturated heterocycles. The first kappa shape index (κ1) is 17.2. The third kappa shape index (κ3) is 3.97. The van der Waals surface area contributed by atoms with Gasteiger partial charge in [-0.15, -0.1) is 10.2 Å². The maximum Gasteiger partial charge on any atom is 0.264 e. The summed E-state index contributed by atoms with van der Waals surface area (Å²) in [5.74, 6) is -0.153. The van der Waals surface area contributed by atoms with Gasteiger partial charge in [-0.2, -0.15) is 0 Å². The maximum atomic E-state index is 11.7. The van der Waals surface area contributed by atoms with Gasteiger partial charge in [0.15, 0.2) is 5.69 Å². The second-order valence-corrected chi connectivity index (χ2v) is 5.90. The number of amides is 1. The van der Waals surface area contributed by atoms with E-state index >= 15 is 0 Å². The van der Waals surface area contributed by atoms with Crippen LogP contribution in [0.1, 0.15) is 51.5 Å². The molecule has 23 heavy (non-hydrogen) atoms. The molecule has 0 fully saturated rings. The molecule has 5 nitrogen and oxygen atoms in total. The van der Waals surface area contributed by atoms with Gasteiger partial charge in [0, 0.05) is 18.4 Å². The Morgan fingerprint density at radius 2 is 1.96 bits per heavy atom. The van der Waals surface area contributed by atoms with E-state index in [2.05, 4.69) is 17.2 Å². The van der Waals surface area contributed by atoms with Crippen LogP contribution in [0.2, 0.25) is 0 Å². The molecule has 0 unspecified atom stereocenters. The second kappa shape index (κ2) is 7.90. The molecule has 0 saturated carbocycles. The van der Waals surface area contributed by atoms with E-state index in [0.717, 1.165) is 48.7 Å². The number of azo groups is 1. The molecule has 0 bridgehead atoms. The lowest BCUT2D eigenvalue weighted by atomic mass is 10.1. The van der Waals surface area contributed by atoms with E-state index in [-0.39, 0.29) is 11.8 Å². The van der Waals surface area contributed by atoms with E-state index in [1.807, 2.05) is 36.6 Å². The van der Waals surface area contributed by atoms with Gasteiger partial charge in [0.05, 0.1) is 5.52 Å². The molecule has 1 aromatic heterocycles. The van der Waals surface area contributed by atoms with Gasteiger partial charge in [-0.25, -0.2) is 0 Å². The van der Waals surface area contributed by atoms with E-state index in [0.29, 0.717) is 12.1 Å². The zero-order chi connectivity index (χ0) is 16.8. The first-order valence-corrected chi connectivity index (χ1v) is 8.34. The summed E-state index contributed by atoms with van der Waals surface area (Å²) in [4.78, 5) is 11.7. The number of aromatic hydroxyl groups is 1. The summed E-state index contributed by atoms with van der Waals surface area (Å²) >= 11 is 0. The monoisotopic (exact) mass is 315 g/mol. The summed E-state index contributed by atoms with van der Waals surface area (Å²) in [5, 5.41) is 19.2. The van der Waals surface area contributed by atoms with Gasteiger partial charge in [-0.3, -0.25) is 4.79 Å². The molecule has 0 atom stereocenters. The lowest BCUT2D eigenvalue weighted by Crippen LogP contribution is -1.96. The average molecular weight is 315 g/mol. The van der Waals surface area contributed by atoms with E-state index < -0.39 is 0 Å². The minimum Gasteiger partial charge on any atom is -0.493 e. The number of benzene rings is 1. The molecule has 0 spiro atoms. The molecule has 1 aromatic carbocycles. The number of unbranched alkanes of at least 4 members (excludes halogenated alkanes) is 2. The highest BCUT2D eigenvalue weighted by atomic mass is 16.3. The molecule has 0 aliphatic heterocycles. The quantitative estimate of drug-likeness (QED) is 0.708. The van der Waals surface area contributed by atoms with Crippen molar-refractivity contribution < 1.29 is 9.90 Å². The summed E-state index contributed by atoms with van der Waals surface area (Å²) in [5.41, 5.74) is 2.40. The number of nitrogens with zero attached hydrogens (tertiary/aromatic N) is 3. The normalized spacial score (nSPS) is 11.6. The van der Waals surface area contributed by atoms with Crippen LogP contribution in [0.4, 0.5) is 5.69 Å². The summed E-state index contributed by atoms with van der Waals surface area (Å²) < 4.78 is 1.85. The fourth-order valence-electron chi connectivity index (χ4n) is 2.56. The van der Waals surface area contributed by atoms with E-state index in [9.17, 15) is 9.90 Å². The lowest BCUT2D eigenvalue weighted by molar-refractivity contribution is -0.118. The van der Waals surface area contributed by atoms with Gasteiger partial charge >= 0.3 is 0 Å². The molecule has 1 heterocycles. The van der Waals surface area contributed by atoms with Crippen LogP contribution in [-0.2, 0) is 11.3 Å². The number of hydrogen-bond donors (Lipinski definition) is 1. The molecule has 124 valence electrons. The van der Waals surface area contributed by atoms with Crippen molar-refractivity contribution in [2.75, 3.05) is 0 Å². The number of rotatable bonds is 7. The van der Waals surface area contributed by atoms with Gasteiger partial charge in [-0.1, -0.05) is 38.3 Å². The fraction of sp³-hybridized carbons (Fsp3) is 0.500. The van der Waals surface area contributed by atoms with E-state index in [1.54, 1.807) is 0 Å². The summed E-state index contributed by atoms with van der Waals surface area (Å²) in [6.45, 7) is 6.86. The first-order valence-electron chi connectivity index (χ1n) is 8.34. The number of carbonyl (C=O) groups excluding carboxylic acids is 1. The molecule has 2 aromatic rings. The van der Waals surface area contributed by atoms with Crippen LogP contribution in [0.5, 0.6) is 5.88 Å². The third-order valence-electron chi connectivity index (χ3n) is 3.91. The van der Waals surface area contributed by atoms with Crippen molar-refractivity contribution in [1.29, 1.82) is 0 Å². The molecular weight excluding hydrogens is 290 g/mol. The van der Waals surface area contributed by atoms with Crippen LogP contribution >= 0.6 is 0 Å². The third-order valence-corrected chi connectivity index (χ3v) is 3.91. The molecule has 5 heteroatoms. The first-order chi connectivity index (χ1) is 11.1. The van der Waals surface area contributed by atoms with Gasteiger partial charge in [-0.05, 0) is 31.9 Å². The topological polar surface area (TPSA) is 66.9 Å². The number of hydrogen-bond acceptors (Lipinski definition) is 3. The largest absolute Gasteiger partial charge is 0.493 e. The Morgan fingerprint density at radius 3 is 2.65 bits per heavy atom. The number of aryl methyl sites for hydroxylation is 2. The number of aromatic nitrogens is 1. The molecule has 0 aliphatic rings. The average Bonchev–Trinajstić information content (AvgIpc) is 2.79. The van der Waals surface area contributed by atoms with Crippen LogP contribution in [0.15, 0.2) is 28.4 Å². The van der Waals surface area contributed by atoms with Crippen molar-refractivity contribution in [2.24, 2.45) is 10.2 Å². The minimum atomic E-state index is -0.242. The predicted octanol–water partition coefficient (Wildman–Crippen LogP) is 5.26. The minimum absolute atomic E-state index is 0.0890. The Kier molecular flexibility index (Phi) is 5.90. The summed E-state index contributed by atoms with van der Waals surface area (Å²) in [7, 11) is 0. The van der Waals surface area contributed by atoms with Crippen molar-refractivity contribution in [3.05, 3.63) is 23.8 Å². The van der Waals surface area contributed by atoms with Gasteiger partial charge in [0.25, 0.3) is 5.91 Å². The van der Waals surface area contributed by atoms with E-state index in [4.69, 9.17) is 0 Å². The number of carbonyl (C=O) groups is 1. The molecule has 1 amide bonds. The Morgan fingerprint density at radius 1 is 1.22 bits per heavy atom. The van der Waals surface area contributed by atoms with Gasteiger partial charge in [0.1, 0.15) is 0 Å². The Hall–Kier alpha value is -2.17.